The molecule has 4 heteroatoms. The maximum atomic E-state index is 13.6. The molecule has 1 aromatic rings. The molecule has 16 heavy (non-hydrogen) atoms. The molecule has 0 saturated heterocycles. The highest BCUT2D eigenvalue weighted by Gasteiger charge is 2.26. The van der Waals surface area contributed by atoms with Gasteiger partial charge in [0, 0.05) is 13.7 Å². The Hall–Kier alpha value is -1.29. The van der Waals surface area contributed by atoms with Crippen molar-refractivity contribution < 1.29 is 14.2 Å². The van der Waals surface area contributed by atoms with E-state index in [0.29, 0.717) is 24.5 Å². The van der Waals surface area contributed by atoms with E-state index in [9.17, 15) is 4.39 Å². The Bertz CT molecular complexity index is 370. The van der Waals surface area contributed by atoms with Crippen molar-refractivity contribution >= 4 is 5.69 Å². The van der Waals surface area contributed by atoms with Crippen molar-refractivity contribution in [1.82, 2.24) is 0 Å². The third-order valence-corrected chi connectivity index (χ3v) is 2.98. The predicted octanol–water partition coefficient (Wildman–Crippen LogP) is 1.80. The molecule has 1 N–H and O–H groups in total. The summed E-state index contributed by atoms with van der Waals surface area (Å²) >= 11 is 0. The summed E-state index contributed by atoms with van der Waals surface area (Å²) in [5, 5.41) is 8.80. The minimum atomic E-state index is -0.256. The van der Waals surface area contributed by atoms with Gasteiger partial charge in [-0.3, -0.25) is 0 Å². The van der Waals surface area contributed by atoms with Gasteiger partial charge in [0.15, 0.2) is 0 Å². The lowest BCUT2D eigenvalue weighted by Gasteiger charge is -2.36. The van der Waals surface area contributed by atoms with Crippen LogP contribution in [0, 0.1) is 5.82 Å². The number of hydrogen-bond donors (Lipinski definition) is 1. The van der Waals surface area contributed by atoms with Crippen LogP contribution in [-0.4, -0.2) is 31.4 Å². The smallest absolute Gasteiger partial charge is 0.150 e. The van der Waals surface area contributed by atoms with Gasteiger partial charge in [0.25, 0.3) is 0 Å². The van der Waals surface area contributed by atoms with Gasteiger partial charge in [-0.2, -0.15) is 0 Å². The molecule has 1 aromatic carbocycles. The largest absolute Gasteiger partial charge is 0.489 e. The summed E-state index contributed by atoms with van der Waals surface area (Å²) in [6, 6.07) is 5.00. The van der Waals surface area contributed by atoms with Gasteiger partial charge in [0.05, 0.1) is 6.04 Å². The summed E-state index contributed by atoms with van der Waals surface area (Å²) in [5.41, 5.74) is 0.525. The molecule has 0 spiro atoms. The molecule has 1 aliphatic rings. The number of fused-ring (bicyclic) bond motifs is 1. The summed E-state index contributed by atoms with van der Waals surface area (Å²) in [6.07, 6.45) is 1.52. The summed E-state index contributed by atoms with van der Waals surface area (Å²) in [6.45, 7) is 0.710. The maximum absolute atomic E-state index is 13.6. The van der Waals surface area contributed by atoms with Crippen molar-refractivity contribution in [1.29, 1.82) is 0 Å². The number of aliphatic hydroxyl groups is 1. The molecule has 0 aliphatic carbocycles. The number of ether oxygens (including phenoxy) is 1. The lowest BCUT2D eigenvalue weighted by molar-refractivity contribution is 0.235. The molecule has 3 nitrogen and oxygen atoms in total. The normalized spacial score (nSPS) is 19.2. The molecule has 0 aromatic heterocycles. The van der Waals surface area contributed by atoms with Crippen LogP contribution >= 0.6 is 0 Å². The van der Waals surface area contributed by atoms with Crippen LogP contribution in [-0.2, 0) is 0 Å². The molecule has 0 bridgehead atoms. The minimum Gasteiger partial charge on any atom is -0.489 e. The number of rotatable bonds is 3. The van der Waals surface area contributed by atoms with Gasteiger partial charge in [0.2, 0.25) is 0 Å². The zero-order valence-electron chi connectivity index (χ0n) is 9.32. The van der Waals surface area contributed by atoms with E-state index in [4.69, 9.17) is 9.84 Å². The van der Waals surface area contributed by atoms with Crippen LogP contribution < -0.4 is 9.64 Å². The molecule has 1 heterocycles. The highest BCUT2D eigenvalue weighted by atomic mass is 19.1. The molecule has 88 valence electrons. The van der Waals surface area contributed by atoms with Gasteiger partial charge in [-0.25, -0.2) is 4.39 Å². The first kappa shape index (κ1) is 11.2. The van der Waals surface area contributed by atoms with Crippen molar-refractivity contribution in [3.05, 3.63) is 24.0 Å². The zero-order valence-corrected chi connectivity index (χ0v) is 9.32. The summed E-state index contributed by atoms with van der Waals surface area (Å²) in [4.78, 5) is 1.91. The van der Waals surface area contributed by atoms with E-state index in [1.54, 1.807) is 12.1 Å². The second kappa shape index (κ2) is 4.70. The third kappa shape index (κ3) is 1.97. The van der Waals surface area contributed by atoms with Crippen LogP contribution in [0.5, 0.6) is 5.75 Å². The monoisotopic (exact) mass is 225 g/mol. The van der Waals surface area contributed by atoms with E-state index in [2.05, 4.69) is 0 Å². The van der Waals surface area contributed by atoms with Crippen LogP contribution in [0.4, 0.5) is 10.1 Å². The molecule has 1 atom stereocenters. The summed E-state index contributed by atoms with van der Waals surface area (Å²) in [5.74, 6) is 0.344. The van der Waals surface area contributed by atoms with Crippen molar-refractivity contribution in [3.63, 3.8) is 0 Å². The van der Waals surface area contributed by atoms with Crippen molar-refractivity contribution in [2.75, 3.05) is 25.2 Å². The SMILES string of the molecule is CN1c2c(F)cccc2OCC1CCCO. The average molecular weight is 225 g/mol. The molecular weight excluding hydrogens is 209 g/mol. The van der Waals surface area contributed by atoms with Crippen LogP contribution in [0.15, 0.2) is 18.2 Å². The highest BCUT2D eigenvalue weighted by molar-refractivity contribution is 5.61. The van der Waals surface area contributed by atoms with Crippen LogP contribution in [0.1, 0.15) is 12.8 Å². The first-order valence-electron chi connectivity index (χ1n) is 5.49. The maximum Gasteiger partial charge on any atom is 0.150 e. The van der Waals surface area contributed by atoms with E-state index >= 15 is 0 Å². The number of likely N-dealkylation sites (N-methyl/N-ethyl adjacent to an activating group) is 1. The zero-order chi connectivity index (χ0) is 11.5. The van der Waals surface area contributed by atoms with Gasteiger partial charge < -0.3 is 14.7 Å². The number of aliphatic hydroxyl groups excluding tert-OH is 1. The molecule has 1 unspecified atom stereocenters. The summed E-state index contributed by atoms with van der Waals surface area (Å²) in [7, 11) is 1.87. The number of nitrogens with zero attached hydrogens (tertiary/aromatic N) is 1. The first-order chi connectivity index (χ1) is 7.74. The molecule has 0 fully saturated rings. The molecule has 0 saturated carbocycles. The van der Waals surface area contributed by atoms with Gasteiger partial charge in [0.1, 0.15) is 23.9 Å². The van der Waals surface area contributed by atoms with Crippen molar-refractivity contribution in [2.24, 2.45) is 0 Å². The Morgan fingerprint density at radius 3 is 3.12 bits per heavy atom. The molecule has 2 rings (SSSR count). The van der Waals surface area contributed by atoms with Crippen LogP contribution in [0.25, 0.3) is 0 Å². The number of hydrogen-bond acceptors (Lipinski definition) is 3. The van der Waals surface area contributed by atoms with E-state index in [1.165, 1.54) is 6.07 Å². The van der Waals surface area contributed by atoms with E-state index in [1.807, 2.05) is 11.9 Å². The molecule has 0 amide bonds. The van der Waals surface area contributed by atoms with Crippen molar-refractivity contribution in [3.8, 4) is 5.75 Å². The second-order valence-electron chi connectivity index (χ2n) is 4.03. The Balaban J connectivity index is 2.20. The Labute approximate surface area is 94.4 Å². The van der Waals surface area contributed by atoms with E-state index in [0.717, 1.165) is 6.42 Å². The Kier molecular flexibility index (Phi) is 3.29. The van der Waals surface area contributed by atoms with Gasteiger partial charge in [-0.15, -0.1) is 0 Å². The first-order valence-corrected chi connectivity index (χ1v) is 5.49. The fraction of sp³-hybridized carbons (Fsp3) is 0.500. The van der Waals surface area contributed by atoms with Gasteiger partial charge in [-0.1, -0.05) is 6.07 Å². The van der Waals surface area contributed by atoms with Crippen molar-refractivity contribution in [2.45, 2.75) is 18.9 Å². The number of halogens is 1. The van der Waals surface area contributed by atoms with E-state index in [-0.39, 0.29) is 18.5 Å². The number of anilines is 1. The fourth-order valence-corrected chi connectivity index (χ4v) is 2.04. The standard InChI is InChI=1S/C12H16FNO2/c1-14-9(4-3-7-15)8-16-11-6-2-5-10(13)12(11)14/h2,5-6,9,15H,3-4,7-8H2,1H3. The molecular formula is C12H16FNO2. The minimum absolute atomic E-state index is 0.136. The topological polar surface area (TPSA) is 32.7 Å². The fourth-order valence-electron chi connectivity index (χ4n) is 2.04. The van der Waals surface area contributed by atoms with Gasteiger partial charge in [-0.05, 0) is 25.0 Å². The quantitative estimate of drug-likeness (QED) is 0.851. The average Bonchev–Trinajstić information content (AvgIpc) is 2.28. The molecule has 0 radical (unpaired) electrons. The predicted molar refractivity (Wildman–Crippen MR) is 60.4 cm³/mol. The lowest BCUT2D eigenvalue weighted by atomic mass is 10.1. The Morgan fingerprint density at radius 1 is 1.56 bits per heavy atom. The van der Waals surface area contributed by atoms with E-state index < -0.39 is 0 Å². The lowest BCUT2D eigenvalue weighted by Crippen LogP contribution is -2.41. The number of benzene rings is 1. The van der Waals surface area contributed by atoms with Crippen LogP contribution in [0.2, 0.25) is 0 Å². The van der Waals surface area contributed by atoms with Crippen LogP contribution in [0.3, 0.4) is 0 Å². The molecule has 1 aliphatic heterocycles. The Morgan fingerprint density at radius 2 is 2.38 bits per heavy atom. The summed E-state index contributed by atoms with van der Waals surface area (Å²) < 4.78 is 19.2. The third-order valence-electron chi connectivity index (χ3n) is 2.98. The second-order valence-corrected chi connectivity index (χ2v) is 4.03. The van der Waals surface area contributed by atoms with Gasteiger partial charge >= 0.3 is 0 Å². The number of para-hydroxylation sites is 1. The highest BCUT2D eigenvalue weighted by Crippen LogP contribution is 2.35.